The summed E-state index contributed by atoms with van der Waals surface area (Å²) in [5.74, 6) is -0.309. The normalized spacial score (nSPS) is 20.4. The highest BCUT2D eigenvalue weighted by atomic mass is 16.5. The number of nitrogens with zero attached hydrogens (tertiary/aromatic N) is 2. The molecule has 0 aromatic carbocycles. The molecule has 3 N–H and O–H groups in total. The zero-order chi connectivity index (χ0) is 14.2. The molecule has 0 aliphatic carbocycles. The minimum Gasteiger partial charge on any atom is -0.365 e. The Kier molecular flexibility index (Phi) is 3.28. The Balaban J connectivity index is 2.13. The molecular formula is C12H16N4O4. The topological polar surface area (TPSA) is 105 Å². The molecule has 1 spiro atoms. The number of hydrogen-bond donors (Lipinski definition) is 3. The molecule has 2 aliphatic rings. The van der Waals surface area contributed by atoms with Crippen LogP contribution in [0.4, 0.5) is 0 Å². The average Bonchev–Trinajstić information content (AvgIpc) is 2.48. The van der Waals surface area contributed by atoms with E-state index in [1.165, 1.54) is 5.48 Å². The molecule has 1 saturated heterocycles. The average molecular weight is 280 g/mol. The number of fused-ring (bicyclic) bond motifs is 2. The third-order valence-corrected chi connectivity index (χ3v) is 3.85. The van der Waals surface area contributed by atoms with Gasteiger partial charge in [0.2, 0.25) is 0 Å². The van der Waals surface area contributed by atoms with Crippen molar-refractivity contribution in [2.24, 2.45) is 0 Å². The number of ether oxygens (including phenoxy) is 1. The third kappa shape index (κ3) is 2.01. The van der Waals surface area contributed by atoms with Gasteiger partial charge in [-0.05, 0) is 25.9 Å². The summed E-state index contributed by atoms with van der Waals surface area (Å²) in [5.41, 5.74) is 0.500. The Bertz CT molecular complexity index is 592. The highest BCUT2D eigenvalue weighted by Gasteiger charge is 2.41. The van der Waals surface area contributed by atoms with Crippen molar-refractivity contribution >= 4 is 5.91 Å². The molecular weight excluding hydrogens is 264 g/mol. The first kappa shape index (κ1) is 13.2. The number of carbonyl (C=O) groups excluding carboxylic acids is 1. The molecule has 0 radical (unpaired) electrons. The van der Waals surface area contributed by atoms with Gasteiger partial charge in [-0.25, -0.2) is 10.5 Å². The van der Waals surface area contributed by atoms with Gasteiger partial charge in [-0.15, -0.1) is 0 Å². The van der Waals surface area contributed by atoms with E-state index in [-0.39, 0.29) is 11.3 Å². The number of hydrogen-bond acceptors (Lipinski definition) is 6. The van der Waals surface area contributed by atoms with Crippen molar-refractivity contribution in [1.82, 2.24) is 20.3 Å². The van der Waals surface area contributed by atoms with Crippen molar-refractivity contribution in [1.29, 1.82) is 0 Å². The minimum atomic E-state index is -0.792. The Morgan fingerprint density at radius 1 is 1.50 bits per heavy atom. The lowest BCUT2D eigenvalue weighted by molar-refractivity contribution is -0.102. The summed E-state index contributed by atoms with van der Waals surface area (Å²) >= 11 is 0. The van der Waals surface area contributed by atoms with Crippen LogP contribution < -0.4 is 16.4 Å². The van der Waals surface area contributed by atoms with Crippen LogP contribution in [-0.4, -0.2) is 40.4 Å². The summed E-state index contributed by atoms with van der Waals surface area (Å²) in [6, 6.07) is 1.13. The van der Waals surface area contributed by atoms with Gasteiger partial charge in [-0.1, -0.05) is 0 Å². The van der Waals surface area contributed by atoms with Gasteiger partial charge in [0.05, 0.1) is 13.2 Å². The van der Waals surface area contributed by atoms with Gasteiger partial charge in [0.1, 0.15) is 17.1 Å². The van der Waals surface area contributed by atoms with Crippen LogP contribution in [0.3, 0.4) is 0 Å². The van der Waals surface area contributed by atoms with E-state index in [2.05, 4.69) is 10.3 Å². The van der Waals surface area contributed by atoms with Crippen molar-refractivity contribution in [3.8, 4) is 0 Å². The highest BCUT2D eigenvalue weighted by Crippen LogP contribution is 2.35. The molecule has 108 valence electrons. The molecule has 0 unspecified atom stereocenters. The monoisotopic (exact) mass is 280 g/mol. The van der Waals surface area contributed by atoms with Crippen LogP contribution in [-0.2, 0) is 16.9 Å². The summed E-state index contributed by atoms with van der Waals surface area (Å²) in [4.78, 5) is 27.9. The largest absolute Gasteiger partial charge is 0.365 e. The molecule has 3 heterocycles. The lowest BCUT2D eigenvalue weighted by Gasteiger charge is -2.41. The molecule has 1 fully saturated rings. The first-order chi connectivity index (χ1) is 9.66. The Labute approximate surface area is 114 Å². The first-order valence-electron chi connectivity index (χ1n) is 6.58. The third-order valence-electron chi connectivity index (χ3n) is 3.85. The molecule has 3 rings (SSSR count). The van der Waals surface area contributed by atoms with E-state index < -0.39 is 11.5 Å². The molecule has 0 saturated carbocycles. The predicted molar refractivity (Wildman–Crippen MR) is 67.5 cm³/mol. The number of piperidine rings is 1. The Morgan fingerprint density at radius 3 is 2.95 bits per heavy atom. The number of carbonyl (C=O) groups is 1. The van der Waals surface area contributed by atoms with E-state index in [9.17, 15) is 9.59 Å². The lowest BCUT2D eigenvalue weighted by atomic mass is 9.89. The summed E-state index contributed by atoms with van der Waals surface area (Å²) in [6.45, 7) is 2.43. The Morgan fingerprint density at radius 2 is 2.25 bits per heavy atom. The van der Waals surface area contributed by atoms with Gasteiger partial charge in [0.25, 0.3) is 11.5 Å². The second-order valence-electron chi connectivity index (χ2n) is 4.99. The van der Waals surface area contributed by atoms with E-state index in [1.54, 1.807) is 4.57 Å². The van der Waals surface area contributed by atoms with Gasteiger partial charge in [0.15, 0.2) is 0 Å². The zero-order valence-corrected chi connectivity index (χ0v) is 10.9. The summed E-state index contributed by atoms with van der Waals surface area (Å²) < 4.78 is 7.46. The van der Waals surface area contributed by atoms with E-state index in [1.807, 2.05) is 0 Å². The molecule has 1 aromatic rings. The van der Waals surface area contributed by atoms with Crippen molar-refractivity contribution in [2.75, 3.05) is 19.7 Å². The SMILES string of the molecule is O=C(NO)c1cc(=O)n2c(n1)C1(CCNCC1)OCC2. The van der Waals surface area contributed by atoms with Gasteiger partial charge in [0, 0.05) is 6.07 Å². The van der Waals surface area contributed by atoms with Crippen molar-refractivity contribution in [3.63, 3.8) is 0 Å². The maximum Gasteiger partial charge on any atom is 0.293 e. The van der Waals surface area contributed by atoms with Crippen LogP contribution in [0.5, 0.6) is 0 Å². The predicted octanol–water partition coefficient (Wildman–Crippen LogP) is -1.03. The van der Waals surface area contributed by atoms with Crippen LogP contribution in [0.15, 0.2) is 10.9 Å². The van der Waals surface area contributed by atoms with Crippen LogP contribution in [0, 0.1) is 0 Å². The molecule has 0 atom stereocenters. The van der Waals surface area contributed by atoms with Crippen LogP contribution in [0.2, 0.25) is 0 Å². The van der Waals surface area contributed by atoms with Crippen LogP contribution >= 0.6 is 0 Å². The summed E-state index contributed by atoms with van der Waals surface area (Å²) in [7, 11) is 0. The number of amides is 1. The smallest absolute Gasteiger partial charge is 0.293 e. The summed E-state index contributed by atoms with van der Waals surface area (Å²) in [6.07, 6.45) is 1.40. The summed E-state index contributed by atoms with van der Waals surface area (Å²) in [5, 5.41) is 11.9. The number of rotatable bonds is 1. The quantitative estimate of drug-likeness (QED) is 0.449. The van der Waals surface area contributed by atoms with Gasteiger partial charge in [-0.3, -0.25) is 19.4 Å². The standard InChI is InChI=1S/C12H16N4O4/c17-9-7-8(10(18)15-19)14-11-12(1-3-13-4-2-12)20-6-5-16(9)11/h7,13,19H,1-6H2,(H,15,18). The molecule has 0 bridgehead atoms. The lowest BCUT2D eigenvalue weighted by Crippen LogP contribution is -2.50. The fourth-order valence-corrected chi connectivity index (χ4v) is 2.84. The fourth-order valence-electron chi connectivity index (χ4n) is 2.84. The molecule has 2 aliphatic heterocycles. The molecule has 8 nitrogen and oxygen atoms in total. The first-order valence-corrected chi connectivity index (χ1v) is 6.58. The van der Waals surface area contributed by atoms with E-state index in [4.69, 9.17) is 9.94 Å². The van der Waals surface area contributed by atoms with Crippen molar-refractivity contribution in [3.05, 3.63) is 27.9 Å². The van der Waals surface area contributed by atoms with Crippen molar-refractivity contribution in [2.45, 2.75) is 25.0 Å². The number of nitrogens with one attached hydrogen (secondary N) is 2. The fraction of sp³-hybridized carbons (Fsp3) is 0.583. The van der Waals surface area contributed by atoms with E-state index >= 15 is 0 Å². The van der Waals surface area contributed by atoms with Gasteiger partial charge < -0.3 is 10.1 Å². The molecule has 20 heavy (non-hydrogen) atoms. The highest BCUT2D eigenvalue weighted by molar-refractivity contribution is 5.91. The van der Waals surface area contributed by atoms with Crippen LogP contribution in [0.25, 0.3) is 0 Å². The maximum absolute atomic E-state index is 12.1. The molecule has 1 amide bonds. The van der Waals surface area contributed by atoms with Gasteiger partial charge >= 0.3 is 0 Å². The number of hydroxylamine groups is 1. The van der Waals surface area contributed by atoms with E-state index in [0.29, 0.717) is 31.8 Å². The van der Waals surface area contributed by atoms with Gasteiger partial charge in [-0.2, -0.15) is 0 Å². The molecule has 1 aromatic heterocycles. The van der Waals surface area contributed by atoms with Crippen molar-refractivity contribution < 1.29 is 14.7 Å². The minimum absolute atomic E-state index is 0.0906. The second kappa shape index (κ2) is 4.97. The van der Waals surface area contributed by atoms with Crippen LogP contribution in [0.1, 0.15) is 29.2 Å². The second-order valence-corrected chi connectivity index (χ2v) is 4.99. The maximum atomic E-state index is 12.1. The van der Waals surface area contributed by atoms with E-state index in [0.717, 1.165) is 19.2 Å². The zero-order valence-electron chi connectivity index (χ0n) is 10.9. The Hall–Kier alpha value is -1.77. The number of aromatic nitrogens is 2. The molecule has 8 heteroatoms.